The third-order valence-corrected chi connectivity index (χ3v) is 4.82. The standard InChI is InChI=1S/C18H24N2O3/c1-13-3-5-14(6-4-13)10-20-11-15(9-16(20)21)17(22)19-8-7-18(2,23)12-19/h3-6,15,23H,7-12H2,1-2H3/t15-,18+/m1/s1. The minimum atomic E-state index is -0.792. The van der Waals surface area contributed by atoms with Crippen molar-refractivity contribution in [3.05, 3.63) is 35.4 Å². The zero-order chi connectivity index (χ0) is 16.6. The van der Waals surface area contributed by atoms with E-state index in [0.29, 0.717) is 32.6 Å². The fraction of sp³-hybridized carbons (Fsp3) is 0.556. The van der Waals surface area contributed by atoms with Crippen LogP contribution in [0.2, 0.25) is 0 Å². The summed E-state index contributed by atoms with van der Waals surface area (Å²) in [5.74, 6) is -0.237. The molecule has 2 saturated heterocycles. The van der Waals surface area contributed by atoms with Crippen LogP contribution >= 0.6 is 0 Å². The summed E-state index contributed by atoms with van der Waals surface area (Å²) in [6.07, 6.45) is 0.885. The van der Waals surface area contributed by atoms with Crippen molar-refractivity contribution in [2.24, 2.45) is 5.92 Å². The first-order valence-corrected chi connectivity index (χ1v) is 8.18. The first kappa shape index (κ1) is 16.0. The van der Waals surface area contributed by atoms with Crippen LogP contribution in [0.15, 0.2) is 24.3 Å². The van der Waals surface area contributed by atoms with E-state index in [1.165, 1.54) is 5.56 Å². The number of likely N-dealkylation sites (tertiary alicyclic amines) is 2. The predicted molar refractivity (Wildman–Crippen MR) is 86.5 cm³/mol. The Morgan fingerprint density at radius 2 is 2.04 bits per heavy atom. The molecule has 2 aliphatic heterocycles. The highest BCUT2D eigenvalue weighted by molar-refractivity contribution is 5.89. The first-order chi connectivity index (χ1) is 10.8. The van der Waals surface area contributed by atoms with Crippen LogP contribution in [0.3, 0.4) is 0 Å². The second kappa shape index (κ2) is 5.96. The zero-order valence-electron chi connectivity index (χ0n) is 13.8. The highest BCUT2D eigenvalue weighted by Crippen LogP contribution is 2.26. The Morgan fingerprint density at radius 1 is 1.35 bits per heavy atom. The largest absolute Gasteiger partial charge is 0.388 e. The van der Waals surface area contributed by atoms with E-state index in [4.69, 9.17) is 0 Å². The number of aryl methyl sites for hydroxylation is 1. The van der Waals surface area contributed by atoms with Crippen LogP contribution in [0.5, 0.6) is 0 Å². The molecule has 1 aromatic rings. The number of β-amino-alcohol motifs (C(OH)–C–C–N with tert-alkyl or cyclic N) is 1. The lowest BCUT2D eigenvalue weighted by molar-refractivity contribution is -0.135. The first-order valence-electron chi connectivity index (χ1n) is 8.18. The average Bonchev–Trinajstić information content (AvgIpc) is 3.04. The lowest BCUT2D eigenvalue weighted by Crippen LogP contribution is -2.38. The molecule has 0 unspecified atom stereocenters. The molecule has 0 saturated carbocycles. The van der Waals surface area contributed by atoms with Gasteiger partial charge in [-0.2, -0.15) is 0 Å². The van der Waals surface area contributed by atoms with E-state index in [0.717, 1.165) is 5.56 Å². The molecular formula is C18H24N2O3. The van der Waals surface area contributed by atoms with Crippen molar-refractivity contribution in [2.75, 3.05) is 19.6 Å². The summed E-state index contributed by atoms with van der Waals surface area (Å²) in [5.41, 5.74) is 1.48. The van der Waals surface area contributed by atoms with Crippen molar-refractivity contribution in [3.8, 4) is 0 Å². The molecule has 5 heteroatoms. The summed E-state index contributed by atoms with van der Waals surface area (Å²) in [4.78, 5) is 28.2. The molecule has 0 aliphatic carbocycles. The van der Waals surface area contributed by atoms with Gasteiger partial charge < -0.3 is 14.9 Å². The van der Waals surface area contributed by atoms with Gasteiger partial charge in [0.15, 0.2) is 0 Å². The highest BCUT2D eigenvalue weighted by atomic mass is 16.3. The van der Waals surface area contributed by atoms with E-state index in [1.807, 2.05) is 31.2 Å². The van der Waals surface area contributed by atoms with Crippen LogP contribution in [0.4, 0.5) is 0 Å². The van der Waals surface area contributed by atoms with Crippen LogP contribution in [-0.2, 0) is 16.1 Å². The van der Waals surface area contributed by atoms with Gasteiger partial charge in [-0.05, 0) is 25.8 Å². The molecule has 1 N–H and O–H groups in total. The molecule has 2 aliphatic rings. The monoisotopic (exact) mass is 316 g/mol. The van der Waals surface area contributed by atoms with Gasteiger partial charge in [-0.3, -0.25) is 9.59 Å². The number of aliphatic hydroxyl groups is 1. The van der Waals surface area contributed by atoms with E-state index in [1.54, 1.807) is 16.7 Å². The van der Waals surface area contributed by atoms with Crippen molar-refractivity contribution in [1.29, 1.82) is 0 Å². The van der Waals surface area contributed by atoms with Gasteiger partial charge in [-0.1, -0.05) is 29.8 Å². The van der Waals surface area contributed by atoms with Crippen LogP contribution in [0, 0.1) is 12.8 Å². The number of benzene rings is 1. The Morgan fingerprint density at radius 3 is 2.65 bits per heavy atom. The van der Waals surface area contributed by atoms with Gasteiger partial charge in [0.25, 0.3) is 0 Å². The molecule has 2 heterocycles. The summed E-state index contributed by atoms with van der Waals surface area (Å²) < 4.78 is 0. The lowest BCUT2D eigenvalue weighted by atomic mass is 10.1. The van der Waals surface area contributed by atoms with Crippen molar-refractivity contribution >= 4 is 11.8 Å². The Kier molecular flexibility index (Phi) is 4.15. The average molecular weight is 316 g/mol. The zero-order valence-corrected chi connectivity index (χ0v) is 13.8. The number of hydrogen-bond acceptors (Lipinski definition) is 3. The molecular weight excluding hydrogens is 292 g/mol. The topological polar surface area (TPSA) is 60.9 Å². The normalized spacial score (nSPS) is 27.8. The van der Waals surface area contributed by atoms with Crippen molar-refractivity contribution in [3.63, 3.8) is 0 Å². The maximum atomic E-state index is 12.6. The van der Waals surface area contributed by atoms with Gasteiger partial charge >= 0.3 is 0 Å². The fourth-order valence-corrected chi connectivity index (χ4v) is 3.40. The van der Waals surface area contributed by atoms with Crippen LogP contribution in [0.25, 0.3) is 0 Å². The number of nitrogens with zero attached hydrogens (tertiary/aromatic N) is 2. The van der Waals surface area contributed by atoms with Crippen LogP contribution in [-0.4, -0.2) is 52.0 Å². The smallest absolute Gasteiger partial charge is 0.228 e. The minimum absolute atomic E-state index is 0.00234. The minimum Gasteiger partial charge on any atom is -0.388 e. The van der Waals surface area contributed by atoms with Gasteiger partial charge in [0.2, 0.25) is 11.8 Å². The highest BCUT2D eigenvalue weighted by Gasteiger charge is 2.40. The molecule has 0 aromatic heterocycles. The Hall–Kier alpha value is -1.88. The van der Waals surface area contributed by atoms with Gasteiger partial charge in [-0.15, -0.1) is 0 Å². The number of carbonyl (C=O) groups is 2. The lowest BCUT2D eigenvalue weighted by Gasteiger charge is -2.22. The maximum absolute atomic E-state index is 12.6. The molecule has 124 valence electrons. The van der Waals surface area contributed by atoms with Crippen molar-refractivity contribution in [1.82, 2.24) is 9.80 Å². The van der Waals surface area contributed by atoms with Gasteiger partial charge in [0.05, 0.1) is 11.5 Å². The maximum Gasteiger partial charge on any atom is 0.228 e. The molecule has 3 rings (SSSR count). The number of hydrogen-bond donors (Lipinski definition) is 1. The van der Waals surface area contributed by atoms with Crippen molar-refractivity contribution in [2.45, 2.75) is 38.8 Å². The molecule has 2 fully saturated rings. The van der Waals surface area contributed by atoms with Crippen LogP contribution in [0.1, 0.15) is 30.9 Å². The van der Waals surface area contributed by atoms with Crippen molar-refractivity contribution < 1.29 is 14.7 Å². The molecule has 2 amide bonds. The second-order valence-corrected chi connectivity index (χ2v) is 7.17. The number of amides is 2. The van der Waals surface area contributed by atoms with E-state index in [-0.39, 0.29) is 24.2 Å². The molecule has 0 spiro atoms. The third-order valence-electron chi connectivity index (χ3n) is 4.82. The van der Waals surface area contributed by atoms with Gasteiger partial charge in [-0.25, -0.2) is 0 Å². The van der Waals surface area contributed by atoms with E-state index < -0.39 is 5.60 Å². The summed E-state index contributed by atoms with van der Waals surface area (Å²) >= 11 is 0. The quantitative estimate of drug-likeness (QED) is 0.915. The molecule has 0 bridgehead atoms. The summed E-state index contributed by atoms with van der Waals surface area (Å²) in [7, 11) is 0. The Bertz CT molecular complexity index is 609. The second-order valence-electron chi connectivity index (χ2n) is 7.17. The van der Waals surface area contributed by atoms with E-state index >= 15 is 0 Å². The molecule has 0 radical (unpaired) electrons. The molecule has 23 heavy (non-hydrogen) atoms. The van der Waals surface area contributed by atoms with Crippen LogP contribution < -0.4 is 0 Å². The summed E-state index contributed by atoms with van der Waals surface area (Å²) in [5, 5.41) is 10.0. The summed E-state index contributed by atoms with van der Waals surface area (Å²) in [6, 6.07) is 8.11. The molecule has 2 atom stereocenters. The van der Waals surface area contributed by atoms with Gasteiger partial charge in [0, 0.05) is 32.6 Å². The predicted octanol–water partition coefficient (Wildman–Crippen LogP) is 1.33. The molecule has 1 aromatic carbocycles. The number of carbonyl (C=O) groups excluding carboxylic acids is 2. The summed E-state index contributed by atoms with van der Waals surface area (Å²) in [6.45, 7) is 5.77. The van der Waals surface area contributed by atoms with Gasteiger partial charge in [0.1, 0.15) is 0 Å². The number of rotatable bonds is 3. The van der Waals surface area contributed by atoms with E-state index in [9.17, 15) is 14.7 Å². The third kappa shape index (κ3) is 3.55. The Labute approximate surface area is 136 Å². The SMILES string of the molecule is Cc1ccc(CN2C[C@H](C(=O)N3CC[C@](C)(O)C3)CC2=O)cc1. The fourth-order valence-electron chi connectivity index (χ4n) is 3.40. The Balaban J connectivity index is 1.61. The molecule has 5 nitrogen and oxygen atoms in total. The van der Waals surface area contributed by atoms with E-state index in [2.05, 4.69) is 0 Å².